The molecule has 0 aliphatic carbocycles. The van der Waals surface area contributed by atoms with Gasteiger partial charge in [-0.2, -0.15) is 0 Å². The Bertz CT molecular complexity index is 448. The molecule has 0 aliphatic rings. The average molecular weight is 264 g/mol. The molecule has 1 rings (SSSR count). The number of nitrogens with two attached hydrogens (primary N) is 1. The van der Waals surface area contributed by atoms with E-state index in [-0.39, 0.29) is 24.1 Å². The lowest BCUT2D eigenvalue weighted by Gasteiger charge is -2.20. The van der Waals surface area contributed by atoms with Crippen LogP contribution in [-0.4, -0.2) is 18.1 Å². The highest BCUT2D eigenvalue weighted by Gasteiger charge is 2.14. The number of nitrogens with one attached hydrogen (secondary N) is 1. The van der Waals surface area contributed by atoms with Crippen LogP contribution in [0.1, 0.15) is 44.9 Å². The predicted molar refractivity (Wildman–Crippen MR) is 77.2 cm³/mol. The summed E-state index contributed by atoms with van der Waals surface area (Å²) in [6, 6.07) is 5.77. The largest absolute Gasteiger partial charge is 0.484 e. The summed E-state index contributed by atoms with van der Waals surface area (Å²) in [5, 5.41) is 2.85. The highest BCUT2D eigenvalue weighted by atomic mass is 16.5. The first kappa shape index (κ1) is 15.5. The van der Waals surface area contributed by atoms with Gasteiger partial charge in [0.15, 0.2) is 6.61 Å². The molecule has 1 aromatic carbocycles. The second-order valence-electron chi connectivity index (χ2n) is 5.90. The Morgan fingerprint density at radius 3 is 2.53 bits per heavy atom. The minimum Gasteiger partial charge on any atom is -0.484 e. The molecular weight excluding hydrogens is 240 g/mol. The number of benzene rings is 1. The molecule has 0 aromatic heterocycles. The van der Waals surface area contributed by atoms with Gasteiger partial charge >= 0.3 is 0 Å². The number of rotatable bonds is 4. The third kappa shape index (κ3) is 5.30. The molecule has 0 saturated carbocycles. The van der Waals surface area contributed by atoms with Crippen molar-refractivity contribution in [3.8, 4) is 5.75 Å². The van der Waals surface area contributed by atoms with E-state index >= 15 is 0 Å². The Hall–Kier alpha value is -1.55. The first-order chi connectivity index (χ1) is 8.69. The van der Waals surface area contributed by atoms with Crippen molar-refractivity contribution in [3.05, 3.63) is 29.3 Å². The molecule has 4 nitrogen and oxygen atoms in total. The minimum atomic E-state index is -0.242. The maximum atomic E-state index is 11.7. The SMILES string of the molecule is Cc1cc(C(C)N)ccc1OCC(=O)NC(C)(C)C. The lowest BCUT2D eigenvalue weighted by molar-refractivity contribution is -0.124. The number of hydrogen-bond donors (Lipinski definition) is 2. The van der Waals surface area contributed by atoms with Gasteiger partial charge in [-0.1, -0.05) is 12.1 Å². The topological polar surface area (TPSA) is 64.3 Å². The quantitative estimate of drug-likeness (QED) is 0.877. The minimum absolute atomic E-state index is 0.00283. The molecule has 0 saturated heterocycles. The molecule has 1 atom stereocenters. The second kappa shape index (κ2) is 6.06. The predicted octanol–water partition coefficient (Wildman–Crippen LogP) is 2.31. The fourth-order valence-electron chi connectivity index (χ4n) is 1.72. The van der Waals surface area contributed by atoms with Crippen LogP contribution in [0.5, 0.6) is 5.75 Å². The number of aryl methyl sites for hydroxylation is 1. The van der Waals surface area contributed by atoms with Crippen molar-refractivity contribution in [3.63, 3.8) is 0 Å². The van der Waals surface area contributed by atoms with E-state index in [1.807, 2.05) is 52.8 Å². The molecule has 0 fully saturated rings. The number of ether oxygens (including phenoxy) is 1. The van der Waals surface area contributed by atoms with E-state index in [1.54, 1.807) is 0 Å². The smallest absolute Gasteiger partial charge is 0.258 e. The van der Waals surface area contributed by atoms with Crippen molar-refractivity contribution in [1.82, 2.24) is 5.32 Å². The van der Waals surface area contributed by atoms with Crippen molar-refractivity contribution in [2.75, 3.05) is 6.61 Å². The molecule has 106 valence electrons. The standard InChI is InChI=1S/C15H24N2O2/c1-10-8-12(11(2)16)6-7-13(10)19-9-14(18)17-15(3,4)5/h6-8,11H,9,16H2,1-5H3,(H,17,18). The van der Waals surface area contributed by atoms with Gasteiger partial charge in [0.1, 0.15) is 5.75 Å². The van der Waals surface area contributed by atoms with Gasteiger partial charge in [0.25, 0.3) is 5.91 Å². The normalized spacial score (nSPS) is 12.9. The van der Waals surface area contributed by atoms with Crippen LogP contribution in [0, 0.1) is 6.92 Å². The molecule has 1 aromatic rings. The maximum absolute atomic E-state index is 11.7. The van der Waals surface area contributed by atoms with Gasteiger partial charge in [-0.05, 0) is 51.8 Å². The maximum Gasteiger partial charge on any atom is 0.258 e. The van der Waals surface area contributed by atoms with E-state index in [1.165, 1.54) is 0 Å². The highest BCUT2D eigenvalue weighted by molar-refractivity contribution is 5.78. The Kier molecular flexibility index (Phi) is 4.95. The monoisotopic (exact) mass is 264 g/mol. The van der Waals surface area contributed by atoms with Gasteiger partial charge in [0, 0.05) is 11.6 Å². The fraction of sp³-hybridized carbons (Fsp3) is 0.533. The van der Waals surface area contributed by atoms with Crippen LogP contribution in [0.3, 0.4) is 0 Å². The lowest BCUT2D eigenvalue weighted by atomic mass is 10.1. The van der Waals surface area contributed by atoms with E-state index in [9.17, 15) is 4.79 Å². The molecule has 19 heavy (non-hydrogen) atoms. The summed E-state index contributed by atoms with van der Waals surface area (Å²) in [7, 11) is 0. The van der Waals surface area contributed by atoms with Crippen LogP contribution >= 0.6 is 0 Å². The van der Waals surface area contributed by atoms with E-state index < -0.39 is 0 Å². The van der Waals surface area contributed by atoms with E-state index in [4.69, 9.17) is 10.5 Å². The van der Waals surface area contributed by atoms with Crippen molar-refractivity contribution in [2.45, 2.75) is 46.2 Å². The highest BCUT2D eigenvalue weighted by Crippen LogP contribution is 2.21. The van der Waals surface area contributed by atoms with E-state index in [2.05, 4.69) is 5.32 Å². The van der Waals surface area contributed by atoms with Crippen LogP contribution in [0.15, 0.2) is 18.2 Å². The molecule has 0 spiro atoms. The van der Waals surface area contributed by atoms with Crippen LogP contribution < -0.4 is 15.8 Å². The van der Waals surface area contributed by atoms with Gasteiger partial charge in [-0.15, -0.1) is 0 Å². The number of carbonyl (C=O) groups is 1. The van der Waals surface area contributed by atoms with Crippen molar-refractivity contribution < 1.29 is 9.53 Å². The molecule has 1 unspecified atom stereocenters. The van der Waals surface area contributed by atoms with Gasteiger partial charge in [0.2, 0.25) is 0 Å². The third-order valence-corrected chi connectivity index (χ3v) is 2.60. The number of carbonyl (C=O) groups excluding carboxylic acids is 1. The molecule has 0 aliphatic heterocycles. The third-order valence-electron chi connectivity index (χ3n) is 2.60. The van der Waals surface area contributed by atoms with Crippen molar-refractivity contribution in [2.24, 2.45) is 5.73 Å². The Balaban J connectivity index is 2.61. The zero-order valence-corrected chi connectivity index (χ0v) is 12.4. The van der Waals surface area contributed by atoms with E-state index in [0.717, 1.165) is 11.1 Å². The fourth-order valence-corrected chi connectivity index (χ4v) is 1.72. The van der Waals surface area contributed by atoms with Crippen LogP contribution in [0.2, 0.25) is 0 Å². The molecule has 3 N–H and O–H groups in total. The van der Waals surface area contributed by atoms with Crippen LogP contribution in [0.4, 0.5) is 0 Å². The molecule has 0 heterocycles. The Labute approximate surface area is 115 Å². The lowest BCUT2D eigenvalue weighted by Crippen LogP contribution is -2.43. The molecule has 0 radical (unpaired) electrons. The summed E-state index contributed by atoms with van der Waals surface area (Å²) < 4.78 is 5.53. The van der Waals surface area contributed by atoms with Crippen LogP contribution in [-0.2, 0) is 4.79 Å². The summed E-state index contributed by atoms with van der Waals surface area (Å²) in [5.41, 5.74) is 7.62. The molecule has 0 bridgehead atoms. The first-order valence-electron chi connectivity index (χ1n) is 6.49. The summed E-state index contributed by atoms with van der Waals surface area (Å²) in [6.07, 6.45) is 0. The summed E-state index contributed by atoms with van der Waals surface area (Å²) >= 11 is 0. The zero-order chi connectivity index (χ0) is 14.6. The van der Waals surface area contributed by atoms with E-state index in [0.29, 0.717) is 5.75 Å². The van der Waals surface area contributed by atoms with Gasteiger partial charge < -0.3 is 15.8 Å². The molecule has 4 heteroatoms. The van der Waals surface area contributed by atoms with Crippen molar-refractivity contribution in [1.29, 1.82) is 0 Å². The van der Waals surface area contributed by atoms with Gasteiger partial charge in [-0.3, -0.25) is 4.79 Å². The Morgan fingerprint density at radius 1 is 1.42 bits per heavy atom. The average Bonchev–Trinajstić information content (AvgIpc) is 2.24. The molecule has 1 amide bonds. The summed E-state index contributed by atoms with van der Waals surface area (Å²) in [6.45, 7) is 9.72. The zero-order valence-electron chi connectivity index (χ0n) is 12.4. The summed E-state index contributed by atoms with van der Waals surface area (Å²) in [4.78, 5) is 11.7. The van der Waals surface area contributed by atoms with Crippen molar-refractivity contribution >= 4 is 5.91 Å². The van der Waals surface area contributed by atoms with Gasteiger partial charge in [0.05, 0.1) is 0 Å². The Morgan fingerprint density at radius 2 is 2.05 bits per heavy atom. The number of hydrogen-bond acceptors (Lipinski definition) is 3. The summed E-state index contributed by atoms with van der Waals surface area (Å²) in [5.74, 6) is 0.594. The van der Waals surface area contributed by atoms with Gasteiger partial charge in [-0.25, -0.2) is 0 Å². The number of amides is 1. The first-order valence-corrected chi connectivity index (χ1v) is 6.49. The van der Waals surface area contributed by atoms with Crippen LogP contribution in [0.25, 0.3) is 0 Å². The molecular formula is C15H24N2O2. The second-order valence-corrected chi connectivity index (χ2v) is 5.90.